The average Bonchev–Trinajstić information content (AvgIpc) is 2.79. The zero-order valence-corrected chi connectivity index (χ0v) is 16.9. The molecular weight excluding hydrogens is 403 g/mol. The zero-order valence-electron chi connectivity index (χ0n) is 16.9. The van der Waals surface area contributed by atoms with Gasteiger partial charge < -0.3 is 17.3 Å². The lowest BCUT2D eigenvalue weighted by Crippen LogP contribution is -2.02. The predicted molar refractivity (Wildman–Crippen MR) is 119 cm³/mol. The molecule has 0 unspecified atom stereocenters. The summed E-state index contributed by atoms with van der Waals surface area (Å²) in [6, 6.07) is 33.4. The topological polar surface area (TPSA) is 11.3 Å². The van der Waals surface area contributed by atoms with E-state index >= 15 is 0 Å². The molecule has 1 aromatic heterocycles. The first-order valence-corrected chi connectivity index (χ1v) is 9.90. The van der Waals surface area contributed by atoms with Gasteiger partial charge in [0.15, 0.2) is 0 Å². The van der Waals surface area contributed by atoms with Gasteiger partial charge in [0, 0.05) is 5.56 Å². The molecule has 6 heteroatoms. The smallest absolute Gasteiger partial charge is 0.418 e. The summed E-state index contributed by atoms with van der Waals surface area (Å²) >= 11 is 0. The van der Waals surface area contributed by atoms with Crippen LogP contribution in [0.2, 0.25) is 0 Å². The van der Waals surface area contributed by atoms with Crippen molar-refractivity contribution in [1.82, 2.24) is 0 Å². The van der Waals surface area contributed by atoms with Gasteiger partial charge in [-0.2, -0.15) is 0 Å². The summed E-state index contributed by atoms with van der Waals surface area (Å²) in [4.78, 5) is 0. The summed E-state index contributed by atoms with van der Waals surface area (Å²) in [5.41, 5.74) is 5.89. The fraction of sp³-hybridized carbons (Fsp3) is 0.0800. The molecule has 4 rings (SSSR count). The van der Waals surface area contributed by atoms with Crippen LogP contribution in [0.5, 0.6) is 0 Å². The number of hydrogen-bond donors (Lipinski definition) is 0. The second-order valence-electron chi connectivity index (χ2n) is 6.78. The molecule has 0 radical (unpaired) electrons. The van der Waals surface area contributed by atoms with E-state index in [-0.39, 0.29) is 0 Å². The highest BCUT2D eigenvalue weighted by Crippen LogP contribution is 2.37. The van der Waals surface area contributed by atoms with Gasteiger partial charge in [0.25, 0.3) is 0 Å². The Morgan fingerprint density at radius 2 is 1.06 bits per heavy atom. The highest BCUT2D eigenvalue weighted by Gasteiger charge is 2.26. The minimum atomic E-state index is -6.00. The molecule has 31 heavy (non-hydrogen) atoms. The van der Waals surface area contributed by atoms with Crippen LogP contribution in [-0.2, 0) is 6.42 Å². The van der Waals surface area contributed by atoms with E-state index in [4.69, 9.17) is 4.42 Å². The lowest BCUT2D eigenvalue weighted by Gasteiger charge is -2.08. The Balaban J connectivity index is 0.000000491. The zero-order chi connectivity index (χ0) is 22.3. The molecule has 0 amide bonds. The number of rotatable bonds is 4. The van der Waals surface area contributed by atoms with Crippen molar-refractivity contribution >= 4 is 7.25 Å². The largest absolute Gasteiger partial charge is 0.673 e. The molecule has 0 aliphatic rings. The minimum absolute atomic E-state index is 0.889. The van der Waals surface area contributed by atoms with Crippen LogP contribution in [0.1, 0.15) is 12.5 Å². The Bertz CT molecular complexity index is 1030. The van der Waals surface area contributed by atoms with E-state index in [0.717, 1.165) is 29.1 Å². The molecule has 0 saturated carbocycles. The van der Waals surface area contributed by atoms with Gasteiger partial charge in [0.1, 0.15) is 0 Å². The minimum Gasteiger partial charge on any atom is -0.418 e. The Labute approximate surface area is 179 Å². The maximum atomic E-state index is 9.75. The monoisotopic (exact) mass is 424 g/mol. The molecule has 3 aromatic carbocycles. The number of benzene rings is 3. The van der Waals surface area contributed by atoms with Crippen molar-refractivity contribution in [3.05, 3.63) is 103 Å². The van der Waals surface area contributed by atoms with Crippen LogP contribution in [0.4, 0.5) is 17.3 Å². The van der Waals surface area contributed by atoms with Crippen molar-refractivity contribution in [1.29, 1.82) is 0 Å². The molecule has 0 saturated heterocycles. The van der Waals surface area contributed by atoms with Crippen LogP contribution in [0.15, 0.2) is 101 Å². The molecule has 0 fully saturated rings. The van der Waals surface area contributed by atoms with Gasteiger partial charge in [-0.05, 0) is 36.2 Å². The second kappa shape index (κ2) is 10.1. The van der Waals surface area contributed by atoms with E-state index in [0.29, 0.717) is 0 Å². The van der Waals surface area contributed by atoms with Crippen LogP contribution in [0, 0.1) is 0 Å². The van der Waals surface area contributed by atoms with Gasteiger partial charge in [-0.15, -0.1) is 0 Å². The fourth-order valence-electron chi connectivity index (χ4n) is 3.34. The first-order valence-electron chi connectivity index (χ1n) is 9.90. The second-order valence-corrected chi connectivity index (χ2v) is 6.78. The maximum absolute atomic E-state index is 9.75. The normalized spacial score (nSPS) is 10.9. The van der Waals surface area contributed by atoms with Gasteiger partial charge in [-0.25, -0.2) is 4.42 Å². The van der Waals surface area contributed by atoms with Gasteiger partial charge in [-0.3, -0.25) is 0 Å². The van der Waals surface area contributed by atoms with E-state index in [9.17, 15) is 17.3 Å². The lowest BCUT2D eigenvalue weighted by atomic mass is 9.94. The highest BCUT2D eigenvalue weighted by molar-refractivity contribution is 6.50. The van der Waals surface area contributed by atoms with Crippen molar-refractivity contribution in [2.75, 3.05) is 0 Å². The average molecular weight is 424 g/mol. The molecule has 158 valence electrons. The molecular formula is C25H21BF4O. The van der Waals surface area contributed by atoms with E-state index in [1.807, 2.05) is 24.3 Å². The van der Waals surface area contributed by atoms with Crippen molar-refractivity contribution in [2.45, 2.75) is 13.3 Å². The standard InChI is InChI=1S/C25H21O.BF4/c1-2-22-23(19-12-6-3-7-13-19)18-24(20-14-8-4-9-15-20)26-25(22)21-16-10-5-11-17-21;2-1(3,4)5/h3-18H,2H2,1H3;/q+1;-1. The Hall–Kier alpha value is -3.41. The Morgan fingerprint density at radius 1 is 0.645 bits per heavy atom. The molecule has 0 atom stereocenters. The summed E-state index contributed by atoms with van der Waals surface area (Å²) in [7, 11) is -6.00. The van der Waals surface area contributed by atoms with Crippen molar-refractivity contribution in [2.24, 2.45) is 0 Å². The molecule has 0 spiro atoms. The summed E-state index contributed by atoms with van der Waals surface area (Å²) < 4.78 is 45.4. The van der Waals surface area contributed by atoms with Crippen molar-refractivity contribution in [3.8, 4) is 33.8 Å². The molecule has 0 N–H and O–H groups in total. The summed E-state index contributed by atoms with van der Waals surface area (Å²) in [6.45, 7) is 2.19. The van der Waals surface area contributed by atoms with Crippen LogP contribution in [0.25, 0.3) is 33.8 Å². The molecule has 1 nitrogen and oxygen atoms in total. The van der Waals surface area contributed by atoms with Crippen LogP contribution in [0.3, 0.4) is 0 Å². The summed E-state index contributed by atoms with van der Waals surface area (Å²) in [5, 5.41) is 0. The van der Waals surface area contributed by atoms with Crippen LogP contribution < -0.4 is 0 Å². The summed E-state index contributed by atoms with van der Waals surface area (Å²) in [6.07, 6.45) is 0.910. The first kappa shape index (κ1) is 22.3. The molecule has 0 aliphatic heterocycles. The molecule has 4 aromatic rings. The Kier molecular flexibility index (Phi) is 7.24. The molecule has 0 aliphatic carbocycles. The highest BCUT2D eigenvalue weighted by atomic mass is 19.5. The molecule has 1 heterocycles. The third-order valence-corrected chi connectivity index (χ3v) is 4.62. The third-order valence-electron chi connectivity index (χ3n) is 4.62. The number of halogens is 4. The van der Waals surface area contributed by atoms with Crippen molar-refractivity contribution < 1.29 is 21.7 Å². The third kappa shape index (κ3) is 6.28. The number of hydrogen-bond acceptors (Lipinski definition) is 0. The van der Waals surface area contributed by atoms with Gasteiger partial charge in [-0.1, -0.05) is 73.7 Å². The van der Waals surface area contributed by atoms with Crippen molar-refractivity contribution in [3.63, 3.8) is 0 Å². The van der Waals surface area contributed by atoms with Crippen LogP contribution in [-0.4, -0.2) is 7.25 Å². The van der Waals surface area contributed by atoms with Gasteiger partial charge in [0.2, 0.25) is 0 Å². The quantitative estimate of drug-likeness (QED) is 0.182. The first-order chi connectivity index (χ1) is 14.9. The van der Waals surface area contributed by atoms with E-state index in [1.54, 1.807) is 0 Å². The van der Waals surface area contributed by atoms with Gasteiger partial charge in [0.05, 0.1) is 22.8 Å². The van der Waals surface area contributed by atoms with Crippen LogP contribution >= 0.6 is 0 Å². The van der Waals surface area contributed by atoms with Gasteiger partial charge >= 0.3 is 18.8 Å². The van der Waals surface area contributed by atoms with E-state index in [2.05, 4.69) is 79.7 Å². The molecule has 0 bridgehead atoms. The maximum Gasteiger partial charge on any atom is 0.673 e. The Morgan fingerprint density at radius 3 is 1.52 bits per heavy atom. The van der Waals surface area contributed by atoms with E-state index < -0.39 is 7.25 Å². The SMILES string of the molecule is CCc1c(-c2ccccc2)cc(-c2ccccc2)[o+]c1-c1ccccc1.F[B-](F)(F)F. The van der Waals surface area contributed by atoms with E-state index in [1.165, 1.54) is 16.7 Å². The predicted octanol–water partition coefficient (Wildman–Crippen LogP) is 8.42. The fourth-order valence-corrected chi connectivity index (χ4v) is 3.34. The summed E-state index contributed by atoms with van der Waals surface area (Å²) in [5.74, 6) is 1.84. The lowest BCUT2D eigenvalue weighted by molar-refractivity contribution is 0.368.